The molecule has 210 valence electrons. The number of hydrogen-bond acceptors (Lipinski definition) is 6. The second kappa shape index (κ2) is 13.5. The molecule has 1 aromatic rings. The number of carbonyl (C=O) groups excluding carboxylic acids is 5. The Labute approximate surface area is 219 Å². The van der Waals surface area contributed by atoms with E-state index in [1.54, 1.807) is 14.0 Å². The molecule has 2 aliphatic rings. The number of alkyl halides is 3. The summed E-state index contributed by atoms with van der Waals surface area (Å²) in [4.78, 5) is 61.2. The molecular weight excluding hydrogens is 505 g/mol. The smallest absolute Gasteiger partial charge is 0.347 e. The number of rotatable bonds is 7. The number of aryl methyl sites for hydroxylation is 1. The van der Waals surface area contributed by atoms with Crippen molar-refractivity contribution in [1.82, 2.24) is 20.9 Å². The molecular formula is C26H35F3N4O5. The summed E-state index contributed by atoms with van der Waals surface area (Å²) in [5.74, 6) is -1.36. The van der Waals surface area contributed by atoms with Gasteiger partial charge in [-0.15, -0.1) is 0 Å². The van der Waals surface area contributed by atoms with Gasteiger partial charge in [0.1, 0.15) is 12.1 Å². The molecule has 1 heterocycles. The number of aldehydes is 1. The molecule has 3 rings (SSSR count). The highest BCUT2D eigenvalue weighted by Gasteiger charge is 2.43. The van der Waals surface area contributed by atoms with E-state index in [9.17, 15) is 32.3 Å². The monoisotopic (exact) mass is 540 g/mol. The summed E-state index contributed by atoms with van der Waals surface area (Å²) in [6.45, 7) is 5.26. The van der Waals surface area contributed by atoms with Gasteiger partial charge in [-0.1, -0.05) is 38.1 Å². The van der Waals surface area contributed by atoms with Crippen LogP contribution in [0.5, 0.6) is 0 Å². The van der Waals surface area contributed by atoms with Crippen LogP contribution in [0.2, 0.25) is 0 Å². The third-order valence-electron chi connectivity index (χ3n) is 6.61. The molecule has 4 atom stereocenters. The van der Waals surface area contributed by atoms with E-state index in [4.69, 9.17) is 4.79 Å². The van der Waals surface area contributed by atoms with Gasteiger partial charge in [0.15, 0.2) is 5.78 Å². The first-order valence-corrected chi connectivity index (χ1v) is 12.5. The number of Topliss-reactive ketones (excluding diaryl/α,β-unsaturated/α-hetero) is 1. The summed E-state index contributed by atoms with van der Waals surface area (Å²) in [6, 6.07) is 5.79. The molecule has 3 amide bonds. The lowest BCUT2D eigenvalue weighted by Crippen LogP contribution is -2.57. The first-order chi connectivity index (χ1) is 17.8. The van der Waals surface area contributed by atoms with Crippen LogP contribution in [0.15, 0.2) is 24.3 Å². The predicted molar refractivity (Wildman–Crippen MR) is 133 cm³/mol. The molecule has 9 nitrogen and oxygen atoms in total. The van der Waals surface area contributed by atoms with Crippen molar-refractivity contribution in [3.05, 3.63) is 35.4 Å². The van der Waals surface area contributed by atoms with Gasteiger partial charge in [0, 0.05) is 6.42 Å². The predicted octanol–water partition coefficient (Wildman–Crippen LogP) is 1.85. The maximum absolute atomic E-state index is 13.3. The Balaban J connectivity index is 0.000000757. The molecule has 0 radical (unpaired) electrons. The van der Waals surface area contributed by atoms with Crippen molar-refractivity contribution in [2.75, 3.05) is 13.6 Å². The van der Waals surface area contributed by atoms with Crippen LogP contribution in [-0.4, -0.2) is 72.6 Å². The Morgan fingerprint density at radius 3 is 2.34 bits per heavy atom. The molecule has 0 unspecified atom stereocenters. The number of fused-ring (bicyclic) bond motifs is 1. The summed E-state index contributed by atoms with van der Waals surface area (Å²) in [7, 11) is 1.67. The van der Waals surface area contributed by atoms with Crippen LogP contribution in [0, 0.1) is 5.92 Å². The van der Waals surface area contributed by atoms with Crippen molar-refractivity contribution >= 4 is 29.8 Å². The number of likely N-dealkylation sites (tertiary alicyclic amines) is 1. The SMILES string of the molecule is CN[C@@H](C)C(=O)N[C@H](C(=O)N1CC(=O)C[C@H]1C(=O)N[C@H]1CCCc2ccccc21)C(C)C.O=CC(F)(F)F. The number of likely N-dealkylation sites (N-methyl/N-ethyl adjacent to an activating group) is 1. The molecule has 1 aliphatic carbocycles. The van der Waals surface area contributed by atoms with Crippen LogP contribution < -0.4 is 16.0 Å². The Bertz CT molecular complexity index is 1030. The molecule has 1 aliphatic heterocycles. The molecule has 0 saturated carbocycles. The molecule has 38 heavy (non-hydrogen) atoms. The standard InChI is InChI=1S/C24H34N4O4.C2HF3O/c1-14(2)21(27-22(30)15(3)25-4)24(32)28-13-17(29)12-20(28)23(31)26-19-11-7-9-16-8-5-6-10-18(16)19;3-2(4,5)1-6/h5-6,8,10,14-15,19-21,25H,7,9,11-13H2,1-4H3,(H,26,31)(H,27,30);1H/t15-,19-,20-,21-;/m0./s1. The number of hydrogen-bond donors (Lipinski definition) is 3. The van der Waals surface area contributed by atoms with Crippen LogP contribution in [0.3, 0.4) is 0 Å². The summed E-state index contributed by atoms with van der Waals surface area (Å²) in [6.07, 6.45) is -2.93. The van der Waals surface area contributed by atoms with Gasteiger partial charge >= 0.3 is 6.18 Å². The van der Waals surface area contributed by atoms with Crippen molar-refractivity contribution in [3.8, 4) is 0 Å². The number of nitrogens with one attached hydrogen (secondary N) is 3. The molecule has 1 fully saturated rings. The minimum Gasteiger partial charge on any atom is -0.347 e. The number of nitrogens with zero attached hydrogens (tertiary/aromatic N) is 1. The molecule has 0 aromatic heterocycles. The van der Waals surface area contributed by atoms with Crippen molar-refractivity contribution in [3.63, 3.8) is 0 Å². The van der Waals surface area contributed by atoms with Gasteiger partial charge in [-0.3, -0.25) is 24.0 Å². The van der Waals surface area contributed by atoms with Crippen molar-refractivity contribution < 1.29 is 37.1 Å². The average Bonchev–Trinajstić information content (AvgIpc) is 3.28. The van der Waals surface area contributed by atoms with E-state index >= 15 is 0 Å². The summed E-state index contributed by atoms with van der Waals surface area (Å²) in [5, 5.41) is 8.70. The summed E-state index contributed by atoms with van der Waals surface area (Å²) < 4.78 is 31.2. The first-order valence-electron chi connectivity index (χ1n) is 12.5. The number of benzene rings is 1. The lowest BCUT2D eigenvalue weighted by Gasteiger charge is -2.32. The highest BCUT2D eigenvalue weighted by Crippen LogP contribution is 2.30. The fourth-order valence-corrected chi connectivity index (χ4v) is 4.43. The van der Waals surface area contributed by atoms with E-state index in [0.717, 1.165) is 24.8 Å². The van der Waals surface area contributed by atoms with E-state index in [0.29, 0.717) is 0 Å². The maximum Gasteiger partial charge on any atom is 0.446 e. The molecule has 1 saturated heterocycles. The average molecular weight is 541 g/mol. The quantitative estimate of drug-likeness (QED) is 0.454. The maximum atomic E-state index is 13.3. The highest BCUT2D eigenvalue weighted by atomic mass is 19.4. The zero-order chi connectivity index (χ0) is 28.6. The van der Waals surface area contributed by atoms with Gasteiger partial charge in [-0.25, -0.2) is 0 Å². The Kier molecular flexibility index (Phi) is 11.0. The second-order valence-corrected chi connectivity index (χ2v) is 9.78. The Morgan fingerprint density at radius 2 is 1.76 bits per heavy atom. The van der Waals surface area contributed by atoms with Gasteiger partial charge in [-0.05, 0) is 50.3 Å². The Hall–Kier alpha value is -3.28. The second-order valence-electron chi connectivity index (χ2n) is 9.78. The first kappa shape index (κ1) is 30.9. The Morgan fingerprint density at radius 1 is 1.13 bits per heavy atom. The molecule has 3 N–H and O–H groups in total. The summed E-state index contributed by atoms with van der Waals surface area (Å²) >= 11 is 0. The van der Waals surface area contributed by atoms with E-state index in [-0.39, 0.29) is 42.5 Å². The van der Waals surface area contributed by atoms with Crippen molar-refractivity contribution in [1.29, 1.82) is 0 Å². The number of halogens is 3. The van der Waals surface area contributed by atoms with Crippen LogP contribution >= 0.6 is 0 Å². The van der Waals surface area contributed by atoms with Crippen LogP contribution in [0.4, 0.5) is 13.2 Å². The molecule has 0 spiro atoms. The van der Waals surface area contributed by atoms with E-state index in [1.165, 1.54) is 10.5 Å². The lowest BCUT2D eigenvalue weighted by molar-refractivity contribution is -0.156. The van der Waals surface area contributed by atoms with E-state index < -0.39 is 36.5 Å². The number of carbonyl (C=O) groups is 5. The zero-order valence-corrected chi connectivity index (χ0v) is 21.9. The summed E-state index contributed by atoms with van der Waals surface area (Å²) in [5.41, 5.74) is 2.32. The van der Waals surface area contributed by atoms with Crippen LogP contribution in [0.25, 0.3) is 0 Å². The minimum atomic E-state index is -4.64. The topological polar surface area (TPSA) is 125 Å². The lowest BCUT2D eigenvalue weighted by atomic mass is 9.87. The van der Waals surface area contributed by atoms with E-state index in [1.807, 2.05) is 32.0 Å². The van der Waals surface area contributed by atoms with Gasteiger partial charge in [0.25, 0.3) is 0 Å². The third-order valence-corrected chi connectivity index (χ3v) is 6.61. The number of ketones is 1. The van der Waals surface area contributed by atoms with E-state index in [2.05, 4.69) is 22.0 Å². The van der Waals surface area contributed by atoms with Gasteiger partial charge in [0.2, 0.25) is 24.0 Å². The highest BCUT2D eigenvalue weighted by molar-refractivity contribution is 6.01. The van der Waals surface area contributed by atoms with Gasteiger partial charge < -0.3 is 20.9 Å². The van der Waals surface area contributed by atoms with Gasteiger partial charge in [-0.2, -0.15) is 13.2 Å². The largest absolute Gasteiger partial charge is 0.446 e. The van der Waals surface area contributed by atoms with Crippen LogP contribution in [0.1, 0.15) is 57.2 Å². The van der Waals surface area contributed by atoms with Crippen molar-refractivity contribution in [2.45, 2.75) is 76.8 Å². The normalized spacial score (nSPS) is 20.5. The molecule has 12 heteroatoms. The molecule has 0 bridgehead atoms. The minimum absolute atomic E-state index is 0.00236. The zero-order valence-electron chi connectivity index (χ0n) is 21.9. The fourth-order valence-electron chi connectivity index (χ4n) is 4.43. The third kappa shape index (κ3) is 8.37. The van der Waals surface area contributed by atoms with Crippen molar-refractivity contribution in [2.24, 2.45) is 5.92 Å². The number of amides is 3. The van der Waals surface area contributed by atoms with Gasteiger partial charge in [0.05, 0.1) is 18.6 Å². The molecule has 1 aromatic carbocycles. The fraction of sp³-hybridized carbons (Fsp3) is 0.577. The van der Waals surface area contributed by atoms with Crippen LogP contribution in [-0.2, 0) is 30.4 Å².